The van der Waals surface area contributed by atoms with Crippen LogP contribution in [0.3, 0.4) is 0 Å². The maximum atomic E-state index is 6.00. The topological polar surface area (TPSA) is 94.0 Å². The lowest BCUT2D eigenvalue weighted by Crippen LogP contribution is -2.31. The maximum absolute atomic E-state index is 6.00. The van der Waals surface area contributed by atoms with Crippen LogP contribution in [0.25, 0.3) is 33.5 Å². The van der Waals surface area contributed by atoms with E-state index in [1.54, 1.807) is 12.4 Å². The van der Waals surface area contributed by atoms with Crippen molar-refractivity contribution in [3.63, 3.8) is 0 Å². The Kier molecular flexibility index (Phi) is 5.72. The third-order valence-electron chi connectivity index (χ3n) is 6.84. The number of likely N-dealkylation sites (tertiary alicyclic amines) is 1. The molecule has 4 aromatic heterocycles. The molecule has 0 aromatic carbocycles. The van der Waals surface area contributed by atoms with Gasteiger partial charge in [0.2, 0.25) is 5.88 Å². The second-order valence-electron chi connectivity index (χ2n) is 9.21. The normalized spacial score (nSPS) is 18.5. The first-order valence-corrected chi connectivity index (χ1v) is 12.0. The molecule has 0 aliphatic carbocycles. The molecule has 0 radical (unpaired) electrons. The molecule has 0 saturated carbocycles. The van der Waals surface area contributed by atoms with Gasteiger partial charge in [-0.05, 0) is 39.0 Å². The molecule has 6 rings (SSSR count). The van der Waals surface area contributed by atoms with Gasteiger partial charge in [0.15, 0.2) is 5.65 Å². The lowest BCUT2D eigenvalue weighted by molar-refractivity contribution is 0.0237. The Labute approximate surface area is 198 Å². The van der Waals surface area contributed by atoms with Gasteiger partial charge in [-0.25, -0.2) is 15.0 Å². The van der Waals surface area contributed by atoms with Crippen LogP contribution in [-0.2, 0) is 4.74 Å². The van der Waals surface area contributed by atoms with Crippen LogP contribution in [0.4, 0.5) is 0 Å². The van der Waals surface area contributed by atoms with Crippen molar-refractivity contribution in [1.82, 2.24) is 34.6 Å². The molecule has 0 spiro atoms. The van der Waals surface area contributed by atoms with Crippen LogP contribution in [0.1, 0.15) is 31.7 Å². The van der Waals surface area contributed by atoms with Gasteiger partial charge in [0.05, 0.1) is 37.3 Å². The summed E-state index contributed by atoms with van der Waals surface area (Å²) in [6.07, 6.45) is 13.8. The third-order valence-corrected chi connectivity index (χ3v) is 6.84. The molecule has 6 heterocycles. The van der Waals surface area contributed by atoms with Crippen molar-refractivity contribution < 1.29 is 9.47 Å². The average Bonchev–Trinajstić information content (AvgIpc) is 3.52. The number of nitrogens with one attached hydrogen (secondary N) is 1. The second kappa shape index (κ2) is 9.15. The second-order valence-corrected chi connectivity index (χ2v) is 9.21. The maximum Gasteiger partial charge on any atom is 0.213 e. The highest BCUT2D eigenvalue weighted by atomic mass is 16.5. The van der Waals surface area contributed by atoms with Gasteiger partial charge >= 0.3 is 0 Å². The zero-order valence-corrected chi connectivity index (χ0v) is 19.4. The lowest BCUT2D eigenvalue weighted by Gasteiger charge is -2.28. The van der Waals surface area contributed by atoms with Gasteiger partial charge in [0, 0.05) is 54.2 Å². The minimum atomic E-state index is 0.168. The molecule has 176 valence electrons. The average molecular weight is 460 g/mol. The van der Waals surface area contributed by atoms with Gasteiger partial charge in [-0.1, -0.05) is 0 Å². The van der Waals surface area contributed by atoms with Gasteiger partial charge in [0.1, 0.15) is 11.6 Å². The number of piperidine rings is 1. The molecular weight excluding hydrogens is 430 g/mol. The van der Waals surface area contributed by atoms with Crippen molar-refractivity contribution in [2.45, 2.75) is 37.8 Å². The molecule has 2 aliphatic rings. The fourth-order valence-corrected chi connectivity index (χ4v) is 4.75. The number of aromatic nitrogens is 6. The Hall–Kier alpha value is -3.30. The minimum Gasteiger partial charge on any atom is -0.474 e. The fraction of sp³-hybridized carbons (Fsp3) is 0.440. The molecule has 0 unspecified atom stereocenters. The third kappa shape index (κ3) is 4.28. The van der Waals surface area contributed by atoms with E-state index in [-0.39, 0.29) is 6.10 Å². The number of fused-ring (bicyclic) bond motifs is 1. The van der Waals surface area contributed by atoms with E-state index in [1.165, 1.54) is 0 Å². The molecule has 1 N–H and O–H groups in total. The molecule has 34 heavy (non-hydrogen) atoms. The number of H-pyrrole nitrogens is 1. The summed E-state index contributed by atoms with van der Waals surface area (Å²) in [7, 11) is 2.18. The standard InChI is InChI=1S/C25H29N7O2/c1-31-8-4-19(5-9-31)32-16-18(13-29-32)21-14-27-25-24(21)30-22(15-28-25)17-2-3-23(26-12-17)34-20-6-10-33-11-7-20/h2-3,12-16,19-20H,4-11H2,1H3,(H,27,28). The Morgan fingerprint density at radius 3 is 2.65 bits per heavy atom. The lowest BCUT2D eigenvalue weighted by atomic mass is 10.1. The monoisotopic (exact) mass is 459 g/mol. The number of hydrogen-bond donors (Lipinski definition) is 1. The number of aromatic amines is 1. The first-order valence-electron chi connectivity index (χ1n) is 12.0. The minimum absolute atomic E-state index is 0.168. The van der Waals surface area contributed by atoms with Crippen molar-refractivity contribution >= 4 is 11.2 Å². The van der Waals surface area contributed by atoms with Gasteiger partial charge in [-0.15, -0.1) is 0 Å². The van der Waals surface area contributed by atoms with Crippen molar-refractivity contribution in [3.8, 4) is 28.3 Å². The van der Waals surface area contributed by atoms with E-state index >= 15 is 0 Å². The summed E-state index contributed by atoms with van der Waals surface area (Å²) in [5, 5.41) is 4.67. The fourth-order valence-electron chi connectivity index (χ4n) is 4.75. The molecule has 0 atom stereocenters. The quantitative estimate of drug-likeness (QED) is 0.486. The van der Waals surface area contributed by atoms with Crippen LogP contribution in [0.2, 0.25) is 0 Å². The number of hydrogen-bond acceptors (Lipinski definition) is 7. The van der Waals surface area contributed by atoms with E-state index in [0.717, 1.165) is 85.5 Å². The summed E-state index contributed by atoms with van der Waals surface area (Å²) < 4.78 is 13.5. The van der Waals surface area contributed by atoms with Crippen LogP contribution in [-0.4, -0.2) is 74.1 Å². The van der Waals surface area contributed by atoms with E-state index in [2.05, 4.69) is 42.9 Å². The van der Waals surface area contributed by atoms with Crippen molar-refractivity contribution in [2.75, 3.05) is 33.4 Å². The van der Waals surface area contributed by atoms with E-state index in [0.29, 0.717) is 11.9 Å². The smallest absolute Gasteiger partial charge is 0.213 e. The van der Waals surface area contributed by atoms with Crippen molar-refractivity contribution in [2.24, 2.45) is 0 Å². The van der Waals surface area contributed by atoms with Crippen LogP contribution in [0.5, 0.6) is 5.88 Å². The number of pyridine rings is 1. The van der Waals surface area contributed by atoms with E-state index in [1.807, 2.05) is 24.5 Å². The summed E-state index contributed by atoms with van der Waals surface area (Å²) >= 11 is 0. The largest absolute Gasteiger partial charge is 0.474 e. The molecule has 9 heteroatoms. The molecular formula is C25H29N7O2. The molecule has 2 saturated heterocycles. The zero-order valence-electron chi connectivity index (χ0n) is 19.4. The Balaban J connectivity index is 1.23. The number of rotatable bonds is 5. The molecule has 0 amide bonds. The first kappa shape index (κ1) is 21.2. The summed E-state index contributed by atoms with van der Waals surface area (Å²) in [5.74, 6) is 0.633. The van der Waals surface area contributed by atoms with Gasteiger partial charge in [-0.2, -0.15) is 5.10 Å². The highest BCUT2D eigenvalue weighted by Crippen LogP contribution is 2.30. The van der Waals surface area contributed by atoms with Gasteiger partial charge in [-0.3, -0.25) is 4.68 Å². The van der Waals surface area contributed by atoms with E-state index in [9.17, 15) is 0 Å². The van der Waals surface area contributed by atoms with E-state index in [4.69, 9.17) is 14.5 Å². The van der Waals surface area contributed by atoms with Gasteiger partial charge < -0.3 is 19.4 Å². The Bertz CT molecular complexity index is 1250. The first-order chi connectivity index (χ1) is 16.7. The summed E-state index contributed by atoms with van der Waals surface area (Å²) in [5.41, 5.74) is 5.34. The summed E-state index contributed by atoms with van der Waals surface area (Å²) in [6, 6.07) is 4.34. The summed E-state index contributed by atoms with van der Waals surface area (Å²) in [6.45, 7) is 3.70. The van der Waals surface area contributed by atoms with E-state index < -0.39 is 0 Å². The van der Waals surface area contributed by atoms with Crippen LogP contribution >= 0.6 is 0 Å². The predicted molar refractivity (Wildman–Crippen MR) is 129 cm³/mol. The van der Waals surface area contributed by atoms with Crippen LogP contribution in [0, 0.1) is 0 Å². The SMILES string of the molecule is CN1CCC(n2cc(-c3c[nH]c4ncc(-c5ccc(OC6CCOCC6)nc5)nc34)cn2)CC1. The molecule has 2 fully saturated rings. The highest BCUT2D eigenvalue weighted by Gasteiger charge is 2.20. The predicted octanol–water partition coefficient (Wildman–Crippen LogP) is 3.71. The van der Waals surface area contributed by atoms with Crippen LogP contribution < -0.4 is 4.74 Å². The van der Waals surface area contributed by atoms with Crippen molar-refractivity contribution in [1.29, 1.82) is 0 Å². The molecule has 9 nitrogen and oxygen atoms in total. The number of ether oxygens (including phenoxy) is 2. The molecule has 0 bridgehead atoms. The highest BCUT2D eigenvalue weighted by molar-refractivity contribution is 5.91. The van der Waals surface area contributed by atoms with Crippen LogP contribution in [0.15, 0.2) is 43.1 Å². The Morgan fingerprint density at radius 1 is 1.00 bits per heavy atom. The summed E-state index contributed by atoms with van der Waals surface area (Å²) in [4.78, 5) is 19.7. The Morgan fingerprint density at radius 2 is 1.85 bits per heavy atom. The zero-order chi connectivity index (χ0) is 22.9. The van der Waals surface area contributed by atoms with Crippen molar-refractivity contribution in [3.05, 3.63) is 43.1 Å². The molecule has 4 aromatic rings. The number of nitrogens with zero attached hydrogens (tertiary/aromatic N) is 6. The van der Waals surface area contributed by atoms with Gasteiger partial charge in [0.25, 0.3) is 0 Å². The molecule has 2 aliphatic heterocycles.